The minimum absolute atomic E-state index is 0.120. The van der Waals surface area contributed by atoms with Crippen LogP contribution in [0, 0.1) is 6.92 Å². The van der Waals surface area contributed by atoms with Crippen LogP contribution >= 0.6 is 0 Å². The first kappa shape index (κ1) is 27.1. The Labute approximate surface area is 224 Å². The topological polar surface area (TPSA) is 74.7 Å². The summed E-state index contributed by atoms with van der Waals surface area (Å²) in [6, 6.07) is 17.7. The van der Waals surface area contributed by atoms with Gasteiger partial charge in [0.1, 0.15) is 0 Å². The number of anilines is 1. The number of carbonyl (C=O) groups is 3. The molecule has 0 spiro atoms. The van der Waals surface area contributed by atoms with Crippen LogP contribution < -0.4 is 4.90 Å². The van der Waals surface area contributed by atoms with Crippen LogP contribution in [-0.4, -0.2) is 29.8 Å². The number of nitrogens with zero attached hydrogens (tertiary/aromatic N) is 1. The molecule has 1 aliphatic carbocycles. The number of rotatable bonds is 6. The number of ketones is 1. The van der Waals surface area contributed by atoms with E-state index in [1.807, 2.05) is 43.3 Å². The molecule has 196 valence electrons. The van der Waals surface area contributed by atoms with Crippen molar-refractivity contribution in [2.75, 3.05) is 11.9 Å². The van der Waals surface area contributed by atoms with Gasteiger partial charge in [0.05, 0.1) is 5.56 Å². The van der Waals surface area contributed by atoms with Crippen LogP contribution in [0.15, 0.2) is 66.7 Å². The molecule has 0 saturated heterocycles. The molecule has 3 aromatic carbocycles. The second-order valence-corrected chi connectivity index (χ2v) is 11.5. The first-order valence-corrected chi connectivity index (χ1v) is 12.9. The number of benzene rings is 3. The molecule has 1 aliphatic rings. The molecule has 0 bridgehead atoms. The molecule has 5 heteroatoms. The second-order valence-electron chi connectivity index (χ2n) is 11.5. The van der Waals surface area contributed by atoms with Gasteiger partial charge < -0.3 is 10.0 Å². The SMILES string of the molecule is Cc1ccc(C(=O)N(C)c2cc(C(=O)/C=C/c3ccc(C(=O)O)cc3)cc3c2C(C)(C)CCC3(C)C)cc1. The predicted octanol–water partition coefficient (Wildman–Crippen LogP) is 7.21. The summed E-state index contributed by atoms with van der Waals surface area (Å²) in [5.74, 6) is -1.29. The molecular weight excluding hydrogens is 474 g/mol. The van der Waals surface area contributed by atoms with Gasteiger partial charge in [-0.15, -0.1) is 0 Å². The average Bonchev–Trinajstić information content (AvgIpc) is 2.89. The number of carboxylic acid groups (broad SMARTS) is 1. The summed E-state index contributed by atoms with van der Waals surface area (Å²) < 4.78 is 0. The van der Waals surface area contributed by atoms with E-state index >= 15 is 0 Å². The van der Waals surface area contributed by atoms with Gasteiger partial charge in [0.15, 0.2) is 5.78 Å². The Morgan fingerprint density at radius 3 is 2.00 bits per heavy atom. The zero-order valence-electron chi connectivity index (χ0n) is 23.0. The largest absolute Gasteiger partial charge is 0.478 e. The van der Waals surface area contributed by atoms with E-state index in [2.05, 4.69) is 27.7 Å². The molecule has 0 fully saturated rings. The molecule has 1 amide bonds. The third kappa shape index (κ3) is 5.33. The number of fused-ring (bicyclic) bond motifs is 1. The summed E-state index contributed by atoms with van der Waals surface area (Å²) in [6.07, 6.45) is 5.14. The Morgan fingerprint density at radius 1 is 0.816 bits per heavy atom. The van der Waals surface area contributed by atoms with Crippen LogP contribution in [0.25, 0.3) is 6.08 Å². The molecule has 3 aromatic rings. The van der Waals surface area contributed by atoms with E-state index in [4.69, 9.17) is 5.11 Å². The van der Waals surface area contributed by atoms with Crippen LogP contribution in [0.2, 0.25) is 0 Å². The van der Waals surface area contributed by atoms with Gasteiger partial charge >= 0.3 is 5.97 Å². The van der Waals surface area contributed by atoms with Gasteiger partial charge in [-0.2, -0.15) is 0 Å². The van der Waals surface area contributed by atoms with E-state index in [0.717, 1.165) is 40.8 Å². The lowest BCUT2D eigenvalue weighted by Gasteiger charge is -2.44. The summed E-state index contributed by atoms with van der Waals surface area (Å²) in [4.78, 5) is 39.8. The van der Waals surface area contributed by atoms with Crippen molar-refractivity contribution < 1.29 is 19.5 Å². The normalized spacial score (nSPS) is 15.6. The van der Waals surface area contributed by atoms with Crippen LogP contribution in [-0.2, 0) is 10.8 Å². The number of hydrogen-bond donors (Lipinski definition) is 1. The van der Waals surface area contributed by atoms with Crippen LogP contribution in [0.4, 0.5) is 5.69 Å². The van der Waals surface area contributed by atoms with E-state index < -0.39 is 5.97 Å². The molecule has 38 heavy (non-hydrogen) atoms. The molecule has 1 N–H and O–H groups in total. The summed E-state index contributed by atoms with van der Waals surface area (Å²) in [5, 5.41) is 9.11. The minimum Gasteiger partial charge on any atom is -0.478 e. The molecule has 5 nitrogen and oxygen atoms in total. The van der Waals surface area contributed by atoms with E-state index in [-0.39, 0.29) is 28.1 Å². The van der Waals surface area contributed by atoms with Crippen LogP contribution in [0.1, 0.15) is 93.9 Å². The predicted molar refractivity (Wildman–Crippen MR) is 152 cm³/mol. The second kappa shape index (κ2) is 10.1. The van der Waals surface area contributed by atoms with E-state index in [1.165, 1.54) is 18.2 Å². The van der Waals surface area contributed by atoms with Gasteiger partial charge in [-0.25, -0.2) is 4.79 Å². The van der Waals surface area contributed by atoms with E-state index in [1.54, 1.807) is 30.2 Å². The highest BCUT2D eigenvalue weighted by Crippen LogP contribution is 2.50. The fourth-order valence-electron chi connectivity index (χ4n) is 5.17. The molecule has 0 aromatic heterocycles. The number of hydrogen-bond acceptors (Lipinski definition) is 3. The van der Waals surface area contributed by atoms with Crippen molar-refractivity contribution in [1.29, 1.82) is 0 Å². The highest BCUT2D eigenvalue weighted by molar-refractivity contribution is 6.10. The number of aromatic carboxylic acids is 1. The maximum Gasteiger partial charge on any atom is 0.335 e. The fraction of sp³-hybridized carbons (Fsp3) is 0.303. The Morgan fingerprint density at radius 2 is 1.39 bits per heavy atom. The Hall–Kier alpha value is -3.99. The quantitative estimate of drug-likeness (QED) is 0.281. The summed E-state index contributed by atoms with van der Waals surface area (Å²) >= 11 is 0. The number of amides is 1. The molecule has 0 radical (unpaired) electrons. The summed E-state index contributed by atoms with van der Waals surface area (Å²) in [7, 11) is 1.78. The first-order chi connectivity index (χ1) is 17.8. The Kier molecular flexibility index (Phi) is 7.16. The monoisotopic (exact) mass is 509 g/mol. The van der Waals surface area contributed by atoms with Gasteiger partial charge in [0.2, 0.25) is 0 Å². The molecule has 0 heterocycles. The van der Waals surface area contributed by atoms with Crippen molar-refractivity contribution in [3.05, 3.63) is 106 Å². The maximum atomic E-state index is 13.6. The highest BCUT2D eigenvalue weighted by atomic mass is 16.4. The Balaban J connectivity index is 1.79. The van der Waals surface area contributed by atoms with Crippen LogP contribution in [0.3, 0.4) is 0 Å². The first-order valence-electron chi connectivity index (χ1n) is 12.9. The number of allylic oxidation sites excluding steroid dienone is 1. The van der Waals surface area contributed by atoms with Crippen LogP contribution in [0.5, 0.6) is 0 Å². The summed E-state index contributed by atoms with van der Waals surface area (Å²) in [6.45, 7) is 10.8. The lowest BCUT2D eigenvalue weighted by Crippen LogP contribution is -2.37. The van der Waals surface area contributed by atoms with E-state index in [0.29, 0.717) is 11.1 Å². The average molecular weight is 510 g/mol. The lowest BCUT2D eigenvalue weighted by molar-refractivity contribution is 0.0696. The zero-order chi connectivity index (χ0) is 27.8. The number of aryl methyl sites for hydroxylation is 1. The van der Waals surface area contributed by atoms with Crippen molar-refractivity contribution in [2.45, 2.75) is 58.3 Å². The minimum atomic E-state index is -0.993. The van der Waals surface area contributed by atoms with Crippen molar-refractivity contribution >= 4 is 29.4 Å². The van der Waals surface area contributed by atoms with Gasteiger partial charge in [0, 0.05) is 23.9 Å². The molecular formula is C33H35NO4. The smallest absolute Gasteiger partial charge is 0.335 e. The molecule has 4 rings (SSSR count). The van der Waals surface area contributed by atoms with Crippen molar-refractivity contribution in [2.24, 2.45) is 0 Å². The fourth-order valence-corrected chi connectivity index (χ4v) is 5.17. The zero-order valence-corrected chi connectivity index (χ0v) is 23.0. The van der Waals surface area contributed by atoms with Gasteiger partial charge in [-0.05, 0) is 89.8 Å². The standard InChI is InChI=1S/C33H35NO4/c1-21-7-12-23(13-8-21)30(36)34(6)27-20-25(19-26-29(27)33(4,5)18-17-32(26,2)3)28(35)16-11-22-9-14-24(15-10-22)31(37)38/h7-16,19-20H,17-18H2,1-6H3,(H,37,38)/b16-11+. The Bertz CT molecular complexity index is 1430. The lowest BCUT2D eigenvalue weighted by atomic mass is 9.62. The van der Waals surface area contributed by atoms with Gasteiger partial charge in [-0.1, -0.05) is 63.6 Å². The van der Waals surface area contributed by atoms with Gasteiger partial charge in [0.25, 0.3) is 5.91 Å². The maximum absolute atomic E-state index is 13.6. The van der Waals surface area contributed by atoms with Crippen molar-refractivity contribution in [3.63, 3.8) is 0 Å². The third-order valence-corrected chi connectivity index (χ3v) is 7.73. The van der Waals surface area contributed by atoms with Crippen molar-refractivity contribution in [1.82, 2.24) is 0 Å². The molecule has 0 atom stereocenters. The highest BCUT2D eigenvalue weighted by Gasteiger charge is 2.40. The van der Waals surface area contributed by atoms with Crippen molar-refractivity contribution in [3.8, 4) is 0 Å². The molecule has 0 aliphatic heterocycles. The summed E-state index contributed by atoms with van der Waals surface area (Å²) in [5.41, 5.74) is 5.78. The van der Waals surface area contributed by atoms with E-state index in [9.17, 15) is 14.4 Å². The number of carboxylic acids is 1. The molecule has 0 unspecified atom stereocenters. The number of carbonyl (C=O) groups excluding carboxylic acids is 2. The molecule has 0 saturated carbocycles. The third-order valence-electron chi connectivity index (χ3n) is 7.73. The van der Waals surface area contributed by atoms with Gasteiger partial charge in [-0.3, -0.25) is 9.59 Å².